The van der Waals surface area contributed by atoms with Gasteiger partial charge in [0.05, 0.1) is 5.92 Å². The zero-order chi connectivity index (χ0) is 15.2. The SMILES string of the molecule is O=C(Nc1ccccc1)C1CCCN(Cc2ccccc2)C1. The second-order valence-electron chi connectivity index (χ2n) is 5.92. The van der Waals surface area contributed by atoms with Crippen LogP contribution in [0, 0.1) is 5.92 Å². The third-order valence-corrected chi connectivity index (χ3v) is 4.17. The molecule has 114 valence electrons. The average molecular weight is 294 g/mol. The predicted molar refractivity (Wildman–Crippen MR) is 89.5 cm³/mol. The molecule has 1 unspecified atom stereocenters. The van der Waals surface area contributed by atoms with Crippen LogP contribution in [-0.4, -0.2) is 23.9 Å². The molecule has 0 aromatic heterocycles. The van der Waals surface area contributed by atoms with E-state index in [0.717, 1.165) is 38.2 Å². The molecule has 1 amide bonds. The van der Waals surface area contributed by atoms with Crippen LogP contribution in [0.1, 0.15) is 18.4 Å². The molecular weight excluding hydrogens is 272 g/mol. The fraction of sp³-hybridized carbons (Fsp3) is 0.316. The van der Waals surface area contributed by atoms with Crippen molar-refractivity contribution in [3.8, 4) is 0 Å². The average Bonchev–Trinajstić information content (AvgIpc) is 2.57. The molecule has 3 nitrogen and oxygen atoms in total. The number of likely N-dealkylation sites (tertiary alicyclic amines) is 1. The van der Waals surface area contributed by atoms with E-state index in [0.29, 0.717) is 0 Å². The second kappa shape index (κ2) is 7.23. The van der Waals surface area contributed by atoms with Gasteiger partial charge < -0.3 is 5.32 Å². The first kappa shape index (κ1) is 14.8. The molecule has 0 bridgehead atoms. The molecule has 2 aromatic carbocycles. The molecule has 1 N–H and O–H groups in total. The molecule has 1 saturated heterocycles. The molecule has 0 aliphatic carbocycles. The monoisotopic (exact) mass is 294 g/mol. The van der Waals surface area contributed by atoms with Crippen molar-refractivity contribution in [3.05, 3.63) is 66.2 Å². The Hall–Kier alpha value is -2.13. The van der Waals surface area contributed by atoms with E-state index < -0.39 is 0 Å². The van der Waals surface area contributed by atoms with Crippen molar-refractivity contribution in [2.45, 2.75) is 19.4 Å². The van der Waals surface area contributed by atoms with Crippen LogP contribution in [0.2, 0.25) is 0 Å². The number of para-hydroxylation sites is 1. The summed E-state index contributed by atoms with van der Waals surface area (Å²) in [4.78, 5) is 14.8. The highest BCUT2D eigenvalue weighted by molar-refractivity contribution is 5.92. The molecule has 3 heteroatoms. The van der Waals surface area contributed by atoms with Gasteiger partial charge in [-0.2, -0.15) is 0 Å². The first-order valence-corrected chi connectivity index (χ1v) is 7.93. The maximum absolute atomic E-state index is 12.4. The molecule has 1 fully saturated rings. The number of anilines is 1. The van der Waals surface area contributed by atoms with Gasteiger partial charge in [-0.15, -0.1) is 0 Å². The van der Waals surface area contributed by atoms with Crippen LogP contribution in [0.4, 0.5) is 5.69 Å². The molecule has 3 rings (SSSR count). The maximum atomic E-state index is 12.4. The number of benzene rings is 2. The van der Waals surface area contributed by atoms with E-state index in [1.54, 1.807) is 0 Å². The van der Waals surface area contributed by atoms with Gasteiger partial charge in [0, 0.05) is 18.8 Å². The van der Waals surface area contributed by atoms with Gasteiger partial charge in [-0.05, 0) is 37.1 Å². The highest BCUT2D eigenvalue weighted by atomic mass is 16.1. The van der Waals surface area contributed by atoms with Crippen molar-refractivity contribution in [1.82, 2.24) is 4.90 Å². The van der Waals surface area contributed by atoms with Gasteiger partial charge in [0.25, 0.3) is 0 Å². The van der Waals surface area contributed by atoms with Crippen molar-refractivity contribution >= 4 is 11.6 Å². The van der Waals surface area contributed by atoms with Crippen LogP contribution in [0.3, 0.4) is 0 Å². The lowest BCUT2D eigenvalue weighted by Crippen LogP contribution is -2.40. The summed E-state index contributed by atoms with van der Waals surface area (Å²) in [6, 6.07) is 20.2. The first-order valence-electron chi connectivity index (χ1n) is 7.93. The van der Waals surface area contributed by atoms with Gasteiger partial charge in [-0.3, -0.25) is 9.69 Å². The standard InChI is InChI=1S/C19H22N2O/c22-19(20-18-11-5-2-6-12-18)17-10-7-13-21(15-17)14-16-8-3-1-4-9-16/h1-6,8-9,11-12,17H,7,10,13-15H2,(H,20,22). The lowest BCUT2D eigenvalue weighted by molar-refractivity contribution is -0.121. The lowest BCUT2D eigenvalue weighted by Gasteiger charge is -2.32. The summed E-state index contributed by atoms with van der Waals surface area (Å²) >= 11 is 0. The summed E-state index contributed by atoms with van der Waals surface area (Å²) in [6.07, 6.45) is 2.06. The Morgan fingerprint density at radius 2 is 1.73 bits per heavy atom. The van der Waals surface area contributed by atoms with Crippen LogP contribution in [0.25, 0.3) is 0 Å². The fourth-order valence-corrected chi connectivity index (χ4v) is 3.02. The highest BCUT2D eigenvalue weighted by Crippen LogP contribution is 2.20. The largest absolute Gasteiger partial charge is 0.326 e. The quantitative estimate of drug-likeness (QED) is 0.935. The Kier molecular flexibility index (Phi) is 4.86. The summed E-state index contributed by atoms with van der Waals surface area (Å²) in [5, 5.41) is 3.03. The van der Waals surface area contributed by atoms with E-state index in [1.165, 1.54) is 5.56 Å². The first-order chi connectivity index (χ1) is 10.8. The Balaban J connectivity index is 1.57. The molecule has 0 spiro atoms. The van der Waals surface area contributed by atoms with Crippen LogP contribution < -0.4 is 5.32 Å². The summed E-state index contributed by atoms with van der Waals surface area (Å²) in [5.41, 5.74) is 2.19. The van der Waals surface area contributed by atoms with E-state index in [1.807, 2.05) is 36.4 Å². The highest BCUT2D eigenvalue weighted by Gasteiger charge is 2.25. The number of hydrogen-bond donors (Lipinski definition) is 1. The normalized spacial score (nSPS) is 18.8. The van der Waals surface area contributed by atoms with Crippen LogP contribution in [0.15, 0.2) is 60.7 Å². The number of rotatable bonds is 4. The van der Waals surface area contributed by atoms with Crippen LogP contribution in [-0.2, 0) is 11.3 Å². The maximum Gasteiger partial charge on any atom is 0.228 e. The topological polar surface area (TPSA) is 32.3 Å². The van der Waals surface area contributed by atoms with Crippen molar-refractivity contribution < 1.29 is 4.79 Å². The van der Waals surface area contributed by atoms with Crippen molar-refractivity contribution in [1.29, 1.82) is 0 Å². The Morgan fingerprint density at radius 1 is 1.05 bits per heavy atom. The molecule has 0 radical (unpaired) electrons. The predicted octanol–water partition coefficient (Wildman–Crippen LogP) is 3.54. The van der Waals surface area contributed by atoms with Gasteiger partial charge in [-0.25, -0.2) is 0 Å². The molecule has 2 aromatic rings. The summed E-state index contributed by atoms with van der Waals surface area (Å²) in [7, 11) is 0. The smallest absolute Gasteiger partial charge is 0.228 e. The van der Waals surface area contributed by atoms with Crippen LogP contribution in [0.5, 0.6) is 0 Å². The Labute approximate surface area is 132 Å². The molecule has 1 atom stereocenters. The van der Waals surface area contributed by atoms with Gasteiger partial charge in [0.1, 0.15) is 0 Å². The van der Waals surface area contributed by atoms with Crippen molar-refractivity contribution in [3.63, 3.8) is 0 Å². The number of piperidine rings is 1. The molecule has 22 heavy (non-hydrogen) atoms. The third kappa shape index (κ3) is 3.95. The van der Waals surface area contributed by atoms with Gasteiger partial charge >= 0.3 is 0 Å². The van der Waals surface area contributed by atoms with Crippen LogP contribution >= 0.6 is 0 Å². The van der Waals surface area contributed by atoms with E-state index in [4.69, 9.17) is 0 Å². The number of nitrogens with one attached hydrogen (secondary N) is 1. The Bertz CT molecular complexity index is 597. The van der Waals surface area contributed by atoms with Gasteiger partial charge in [0.2, 0.25) is 5.91 Å². The second-order valence-corrected chi connectivity index (χ2v) is 5.92. The molecule has 1 aliphatic rings. The zero-order valence-electron chi connectivity index (χ0n) is 12.7. The number of carbonyl (C=O) groups excluding carboxylic acids is 1. The molecule has 1 heterocycles. The lowest BCUT2D eigenvalue weighted by atomic mass is 9.96. The minimum atomic E-state index is 0.0812. The van der Waals surface area contributed by atoms with Crippen molar-refractivity contribution in [2.24, 2.45) is 5.92 Å². The minimum absolute atomic E-state index is 0.0812. The van der Waals surface area contributed by atoms with E-state index >= 15 is 0 Å². The molecular formula is C19H22N2O. The summed E-state index contributed by atoms with van der Waals surface area (Å²) in [6.45, 7) is 2.84. The van der Waals surface area contributed by atoms with E-state index in [-0.39, 0.29) is 11.8 Å². The summed E-state index contributed by atoms with van der Waals surface area (Å²) < 4.78 is 0. The Morgan fingerprint density at radius 3 is 2.45 bits per heavy atom. The molecule has 0 saturated carbocycles. The number of nitrogens with zero attached hydrogens (tertiary/aromatic N) is 1. The number of carbonyl (C=O) groups is 1. The fourth-order valence-electron chi connectivity index (χ4n) is 3.02. The minimum Gasteiger partial charge on any atom is -0.326 e. The van der Waals surface area contributed by atoms with Gasteiger partial charge in [0.15, 0.2) is 0 Å². The summed E-state index contributed by atoms with van der Waals surface area (Å²) in [5.74, 6) is 0.224. The molecule has 1 aliphatic heterocycles. The van der Waals surface area contributed by atoms with E-state index in [2.05, 4.69) is 34.5 Å². The third-order valence-electron chi connectivity index (χ3n) is 4.17. The van der Waals surface area contributed by atoms with Gasteiger partial charge in [-0.1, -0.05) is 48.5 Å². The van der Waals surface area contributed by atoms with Crippen molar-refractivity contribution in [2.75, 3.05) is 18.4 Å². The van der Waals surface area contributed by atoms with E-state index in [9.17, 15) is 4.79 Å². The zero-order valence-corrected chi connectivity index (χ0v) is 12.7. The number of amides is 1. The number of hydrogen-bond acceptors (Lipinski definition) is 2.